The number of carbonyl (C=O) groups is 1. The van der Waals surface area contributed by atoms with Gasteiger partial charge in [0.25, 0.3) is 0 Å². The lowest BCUT2D eigenvalue weighted by Gasteiger charge is -2.04. The second-order valence-corrected chi connectivity index (χ2v) is 6.64. The lowest BCUT2D eigenvalue weighted by atomic mass is 10.2. The predicted molar refractivity (Wildman–Crippen MR) is 101 cm³/mol. The number of hydrogen-bond acceptors (Lipinski definition) is 9. The van der Waals surface area contributed by atoms with Crippen molar-refractivity contribution in [3.63, 3.8) is 0 Å². The van der Waals surface area contributed by atoms with Crippen LogP contribution in [0, 0.1) is 6.92 Å². The topological polar surface area (TPSA) is 122 Å². The molecule has 0 unspecified atom stereocenters. The average molecular weight is 393 g/mol. The highest BCUT2D eigenvalue weighted by Gasteiger charge is 2.17. The van der Waals surface area contributed by atoms with Crippen LogP contribution in [0.3, 0.4) is 0 Å². The fourth-order valence-corrected chi connectivity index (χ4v) is 3.12. The van der Waals surface area contributed by atoms with Crippen LogP contribution in [-0.4, -0.2) is 42.8 Å². The molecule has 140 valence electrons. The Morgan fingerprint density at radius 2 is 2.11 bits per heavy atom. The van der Waals surface area contributed by atoms with Crippen molar-refractivity contribution in [2.75, 3.05) is 5.75 Å². The zero-order valence-electron chi connectivity index (χ0n) is 14.6. The standard InChI is InChI=1S/C18H14N6O3S/c1-11-13(6-7-27-11)17-22-23-18(28-10-16(25)26)24(17)20-9-12-8-19-14-4-2-3-5-15(14)21-12/h2-9H,10H2,1H3,(H,25,26)/p-1/b20-9-. The summed E-state index contributed by atoms with van der Waals surface area (Å²) in [5.41, 5.74) is 2.77. The van der Waals surface area contributed by atoms with E-state index < -0.39 is 5.97 Å². The molecule has 3 aromatic heterocycles. The Hall–Kier alpha value is -3.53. The van der Waals surface area contributed by atoms with Crippen molar-refractivity contribution in [3.8, 4) is 11.4 Å². The summed E-state index contributed by atoms with van der Waals surface area (Å²) in [6, 6.07) is 9.25. The summed E-state index contributed by atoms with van der Waals surface area (Å²) in [5.74, 6) is -0.402. The molecular weight excluding hydrogens is 380 g/mol. The molecule has 0 amide bonds. The molecule has 9 nitrogen and oxygen atoms in total. The highest BCUT2D eigenvalue weighted by atomic mass is 32.2. The number of hydrogen-bond donors (Lipinski definition) is 0. The Kier molecular flexibility index (Phi) is 4.85. The van der Waals surface area contributed by atoms with Gasteiger partial charge in [-0.3, -0.25) is 4.98 Å². The van der Waals surface area contributed by atoms with Crippen LogP contribution in [0.4, 0.5) is 0 Å². The molecule has 0 fully saturated rings. The Balaban J connectivity index is 1.73. The van der Waals surface area contributed by atoms with Crippen molar-refractivity contribution in [2.24, 2.45) is 5.10 Å². The van der Waals surface area contributed by atoms with Crippen LogP contribution in [0.1, 0.15) is 11.5 Å². The number of thioether (sulfide) groups is 1. The highest BCUT2D eigenvalue weighted by Crippen LogP contribution is 2.26. The van der Waals surface area contributed by atoms with Crippen molar-refractivity contribution in [1.29, 1.82) is 0 Å². The van der Waals surface area contributed by atoms with Crippen molar-refractivity contribution >= 4 is 35.0 Å². The molecule has 3 heterocycles. The Morgan fingerprint density at radius 3 is 2.86 bits per heavy atom. The minimum absolute atomic E-state index is 0.270. The summed E-state index contributed by atoms with van der Waals surface area (Å²) >= 11 is 0.964. The second kappa shape index (κ2) is 7.61. The van der Waals surface area contributed by atoms with Crippen molar-refractivity contribution in [2.45, 2.75) is 12.1 Å². The molecule has 0 radical (unpaired) electrons. The van der Waals surface area contributed by atoms with E-state index in [1.54, 1.807) is 19.2 Å². The van der Waals surface area contributed by atoms with Gasteiger partial charge in [0.1, 0.15) is 11.5 Å². The van der Waals surface area contributed by atoms with E-state index in [1.165, 1.54) is 17.2 Å². The highest BCUT2D eigenvalue weighted by molar-refractivity contribution is 7.99. The average Bonchev–Trinajstić information content (AvgIpc) is 3.29. The van der Waals surface area contributed by atoms with E-state index in [2.05, 4.69) is 25.3 Å². The van der Waals surface area contributed by atoms with E-state index in [9.17, 15) is 9.90 Å². The summed E-state index contributed by atoms with van der Waals surface area (Å²) < 4.78 is 6.77. The van der Waals surface area contributed by atoms with E-state index in [4.69, 9.17) is 4.42 Å². The number of nitrogens with zero attached hydrogens (tertiary/aromatic N) is 6. The lowest BCUT2D eigenvalue weighted by molar-refractivity contribution is -0.301. The molecule has 0 bridgehead atoms. The number of carbonyl (C=O) groups excluding carboxylic acids is 1. The predicted octanol–water partition coefficient (Wildman–Crippen LogP) is 1.51. The minimum Gasteiger partial charge on any atom is -0.549 e. The summed E-state index contributed by atoms with van der Waals surface area (Å²) in [7, 11) is 0. The van der Waals surface area contributed by atoms with Gasteiger partial charge in [0, 0.05) is 5.75 Å². The molecule has 0 saturated heterocycles. The fourth-order valence-electron chi connectivity index (χ4n) is 2.52. The summed E-state index contributed by atoms with van der Waals surface area (Å²) in [6.45, 7) is 1.79. The van der Waals surface area contributed by atoms with Gasteiger partial charge in [0.05, 0.1) is 41.2 Å². The zero-order valence-corrected chi connectivity index (χ0v) is 15.5. The van der Waals surface area contributed by atoms with Gasteiger partial charge in [-0.25, -0.2) is 4.98 Å². The van der Waals surface area contributed by atoms with Gasteiger partial charge in [-0.05, 0) is 25.1 Å². The van der Waals surface area contributed by atoms with Gasteiger partial charge in [-0.1, -0.05) is 23.9 Å². The summed E-state index contributed by atoms with van der Waals surface area (Å²) in [4.78, 5) is 19.7. The maximum absolute atomic E-state index is 10.8. The molecule has 0 aliphatic rings. The van der Waals surface area contributed by atoms with E-state index in [-0.39, 0.29) is 5.75 Å². The third-order valence-corrected chi connectivity index (χ3v) is 4.70. The number of benzene rings is 1. The fraction of sp³-hybridized carbons (Fsp3) is 0.111. The van der Waals surface area contributed by atoms with Gasteiger partial charge in [-0.15, -0.1) is 10.2 Å². The molecule has 0 aliphatic carbocycles. The molecule has 10 heteroatoms. The van der Waals surface area contributed by atoms with Crippen LogP contribution >= 0.6 is 11.8 Å². The first-order chi connectivity index (χ1) is 13.6. The molecular formula is C18H13N6O3S-. The molecule has 28 heavy (non-hydrogen) atoms. The molecule has 1 aromatic carbocycles. The molecule has 0 atom stereocenters. The molecule has 4 rings (SSSR count). The quantitative estimate of drug-likeness (QED) is 0.357. The first-order valence-electron chi connectivity index (χ1n) is 8.20. The van der Waals surface area contributed by atoms with Gasteiger partial charge in [-0.2, -0.15) is 9.78 Å². The molecule has 0 saturated carbocycles. The van der Waals surface area contributed by atoms with E-state index >= 15 is 0 Å². The maximum atomic E-state index is 10.8. The van der Waals surface area contributed by atoms with Crippen LogP contribution in [0.5, 0.6) is 0 Å². The van der Waals surface area contributed by atoms with Crippen molar-refractivity contribution in [3.05, 3.63) is 54.2 Å². The Morgan fingerprint density at radius 1 is 1.29 bits per heavy atom. The zero-order chi connectivity index (χ0) is 19.5. The number of aromatic nitrogens is 5. The summed E-state index contributed by atoms with van der Waals surface area (Å²) in [6.07, 6.45) is 4.66. The number of furan rings is 1. The first-order valence-corrected chi connectivity index (χ1v) is 9.19. The number of fused-ring (bicyclic) bond motifs is 1. The molecule has 4 aromatic rings. The normalized spacial score (nSPS) is 11.5. The van der Waals surface area contributed by atoms with Gasteiger partial charge < -0.3 is 14.3 Å². The number of para-hydroxylation sites is 2. The second-order valence-electron chi connectivity index (χ2n) is 5.70. The van der Waals surface area contributed by atoms with Crippen LogP contribution in [0.15, 0.2) is 57.5 Å². The van der Waals surface area contributed by atoms with Gasteiger partial charge in [0.2, 0.25) is 5.16 Å². The number of carboxylic acid groups (broad SMARTS) is 1. The smallest absolute Gasteiger partial charge is 0.212 e. The van der Waals surface area contributed by atoms with Crippen LogP contribution in [-0.2, 0) is 4.79 Å². The van der Waals surface area contributed by atoms with Crippen LogP contribution < -0.4 is 5.11 Å². The first kappa shape index (κ1) is 17.9. The Bertz CT molecular complexity index is 1180. The van der Waals surface area contributed by atoms with Crippen molar-refractivity contribution < 1.29 is 14.3 Å². The Labute approximate surface area is 163 Å². The number of aryl methyl sites for hydroxylation is 1. The van der Waals surface area contributed by atoms with E-state index in [0.29, 0.717) is 28.0 Å². The number of aliphatic carboxylic acids is 1. The largest absolute Gasteiger partial charge is 0.549 e. The lowest BCUT2D eigenvalue weighted by Crippen LogP contribution is -2.24. The van der Waals surface area contributed by atoms with Crippen LogP contribution in [0.25, 0.3) is 22.4 Å². The third kappa shape index (κ3) is 3.62. The monoisotopic (exact) mass is 393 g/mol. The third-order valence-electron chi connectivity index (χ3n) is 3.80. The summed E-state index contributed by atoms with van der Waals surface area (Å²) in [5, 5.41) is 23.7. The maximum Gasteiger partial charge on any atom is 0.212 e. The van der Waals surface area contributed by atoms with E-state index in [1.807, 2.05) is 24.3 Å². The molecule has 0 N–H and O–H groups in total. The molecule has 0 spiro atoms. The molecule has 0 aliphatic heterocycles. The van der Waals surface area contributed by atoms with Gasteiger partial charge >= 0.3 is 0 Å². The number of carboxylic acids is 1. The van der Waals surface area contributed by atoms with Crippen molar-refractivity contribution in [1.82, 2.24) is 24.8 Å². The SMILES string of the molecule is Cc1occc1-c1nnc(SCC(=O)[O-])n1/N=C\c1cnc2ccccc2n1. The number of rotatable bonds is 6. The minimum atomic E-state index is -1.20. The van der Waals surface area contributed by atoms with Crippen LogP contribution in [0.2, 0.25) is 0 Å². The van der Waals surface area contributed by atoms with E-state index in [0.717, 1.165) is 22.8 Å². The van der Waals surface area contributed by atoms with Gasteiger partial charge in [0.15, 0.2) is 5.82 Å².